The van der Waals surface area contributed by atoms with Crippen molar-refractivity contribution in [3.63, 3.8) is 0 Å². The zero-order valence-electron chi connectivity index (χ0n) is 10.5. The lowest BCUT2D eigenvalue weighted by Gasteiger charge is -2.33. The molecule has 0 bridgehead atoms. The summed E-state index contributed by atoms with van der Waals surface area (Å²) in [6, 6.07) is 0. The fourth-order valence-electron chi connectivity index (χ4n) is 3.01. The monoisotopic (exact) mass is 227 g/mol. The molecule has 2 fully saturated rings. The Balaban J connectivity index is 1.85. The number of ether oxygens (including phenoxy) is 1. The van der Waals surface area contributed by atoms with Crippen LogP contribution >= 0.6 is 0 Å². The summed E-state index contributed by atoms with van der Waals surface area (Å²) in [6.45, 7) is 3.96. The van der Waals surface area contributed by atoms with Gasteiger partial charge in [0.1, 0.15) is 0 Å². The van der Waals surface area contributed by atoms with Crippen molar-refractivity contribution < 1.29 is 9.84 Å². The van der Waals surface area contributed by atoms with E-state index in [-0.39, 0.29) is 0 Å². The molecule has 0 spiro atoms. The van der Waals surface area contributed by atoms with Crippen molar-refractivity contribution in [3.8, 4) is 0 Å². The first kappa shape index (κ1) is 12.3. The third-order valence-electron chi connectivity index (χ3n) is 4.15. The van der Waals surface area contributed by atoms with E-state index in [9.17, 15) is 5.11 Å². The quantitative estimate of drug-likeness (QED) is 0.778. The van der Waals surface area contributed by atoms with Gasteiger partial charge in [0.2, 0.25) is 0 Å². The second-order valence-electron chi connectivity index (χ2n) is 5.64. The Morgan fingerprint density at radius 1 is 1.25 bits per heavy atom. The molecule has 0 aliphatic carbocycles. The third-order valence-corrected chi connectivity index (χ3v) is 4.15. The Hall–Kier alpha value is -0.120. The highest BCUT2D eigenvalue weighted by atomic mass is 16.5. The van der Waals surface area contributed by atoms with Gasteiger partial charge in [0.25, 0.3) is 0 Å². The molecule has 16 heavy (non-hydrogen) atoms. The molecule has 0 amide bonds. The summed E-state index contributed by atoms with van der Waals surface area (Å²) in [5.41, 5.74) is -0.396. The molecule has 2 heterocycles. The normalized spacial score (nSPS) is 34.9. The number of nitrogens with zero attached hydrogens (tertiary/aromatic N) is 1. The third kappa shape index (κ3) is 3.44. The maximum Gasteiger partial charge on any atom is 0.0663 e. The van der Waals surface area contributed by atoms with Gasteiger partial charge in [0.15, 0.2) is 0 Å². The van der Waals surface area contributed by atoms with E-state index in [0.717, 1.165) is 64.8 Å². The summed E-state index contributed by atoms with van der Waals surface area (Å²) in [5.74, 6) is 0.683. The van der Waals surface area contributed by atoms with E-state index >= 15 is 0 Å². The number of hydrogen-bond acceptors (Lipinski definition) is 3. The Labute approximate surface area is 98.8 Å². The van der Waals surface area contributed by atoms with Crippen molar-refractivity contribution in [3.05, 3.63) is 0 Å². The molecule has 0 aromatic heterocycles. The summed E-state index contributed by atoms with van der Waals surface area (Å²) in [4.78, 5) is 2.34. The topological polar surface area (TPSA) is 32.7 Å². The Morgan fingerprint density at radius 3 is 2.75 bits per heavy atom. The maximum atomic E-state index is 10.7. The molecule has 0 saturated carbocycles. The van der Waals surface area contributed by atoms with Crippen molar-refractivity contribution in [1.82, 2.24) is 4.90 Å². The summed E-state index contributed by atoms with van der Waals surface area (Å²) in [7, 11) is 2.15. The molecule has 3 nitrogen and oxygen atoms in total. The molecule has 0 aromatic carbocycles. The minimum atomic E-state index is -0.396. The lowest BCUT2D eigenvalue weighted by molar-refractivity contribution is -0.0209. The van der Waals surface area contributed by atoms with Gasteiger partial charge in [-0.15, -0.1) is 0 Å². The molecule has 1 unspecified atom stereocenters. The largest absolute Gasteiger partial charge is 0.390 e. The fourth-order valence-corrected chi connectivity index (χ4v) is 3.01. The standard InChI is InChI=1S/C13H25NO2/c1-14-7-2-5-13(15,6-8-14)11-12-3-9-16-10-4-12/h12,15H,2-11H2,1H3. The summed E-state index contributed by atoms with van der Waals surface area (Å²) in [5, 5.41) is 10.7. The lowest BCUT2D eigenvalue weighted by atomic mass is 9.82. The minimum absolute atomic E-state index is 0.396. The van der Waals surface area contributed by atoms with Crippen LogP contribution < -0.4 is 0 Å². The predicted molar refractivity (Wildman–Crippen MR) is 64.5 cm³/mol. The molecule has 2 aliphatic heterocycles. The summed E-state index contributed by atoms with van der Waals surface area (Å²) >= 11 is 0. The van der Waals surface area contributed by atoms with Crippen LogP contribution in [-0.2, 0) is 4.74 Å². The second kappa shape index (κ2) is 5.48. The van der Waals surface area contributed by atoms with Gasteiger partial charge in [-0.3, -0.25) is 0 Å². The molecule has 94 valence electrons. The Kier molecular flexibility index (Phi) is 4.22. The molecular weight excluding hydrogens is 202 g/mol. The van der Waals surface area contributed by atoms with E-state index < -0.39 is 5.60 Å². The highest BCUT2D eigenvalue weighted by Crippen LogP contribution is 2.32. The van der Waals surface area contributed by atoms with Gasteiger partial charge >= 0.3 is 0 Å². The van der Waals surface area contributed by atoms with E-state index in [2.05, 4.69) is 11.9 Å². The van der Waals surface area contributed by atoms with Crippen molar-refractivity contribution in [2.45, 2.75) is 44.1 Å². The van der Waals surface area contributed by atoms with Gasteiger partial charge in [0, 0.05) is 19.8 Å². The molecule has 3 heteroatoms. The van der Waals surface area contributed by atoms with Crippen LogP contribution in [0, 0.1) is 5.92 Å². The fraction of sp³-hybridized carbons (Fsp3) is 1.00. The van der Waals surface area contributed by atoms with Gasteiger partial charge in [-0.25, -0.2) is 0 Å². The average Bonchev–Trinajstić information content (AvgIpc) is 2.43. The van der Waals surface area contributed by atoms with Crippen LogP contribution in [-0.4, -0.2) is 49.0 Å². The number of rotatable bonds is 2. The van der Waals surface area contributed by atoms with Crippen molar-refractivity contribution in [2.24, 2.45) is 5.92 Å². The number of likely N-dealkylation sites (tertiary alicyclic amines) is 1. The van der Waals surface area contributed by atoms with E-state index in [1.807, 2.05) is 0 Å². The second-order valence-corrected chi connectivity index (χ2v) is 5.64. The van der Waals surface area contributed by atoms with Crippen LogP contribution in [0.15, 0.2) is 0 Å². The van der Waals surface area contributed by atoms with E-state index in [1.165, 1.54) is 0 Å². The molecular formula is C13H25NO2. The summed E-state index contributed by atoms with van der Waals surface area (Å²) < 4.78 is 5.37. The van der Waals surface area contributed by atoms with Crippen LogP contribution in [0.3, 0.4) is 0 Å². The van der Waals surface area contributed by atoms with E-state index in [1.54, 1.807) is 0 Å². The van der Waals surface area contributed by atoms with E-state index in [4.69, 9.17) is 4.74 Å². The maximum absolute atomic E-state index is 10.7. The smallest absolute Gasteiger partial charge is 0.0663 e. The number of hydrogen-bond donors (Lipinski definition) is 1. The van der Waals surface area contributed by atoms with Gasteiger partial charge < -0.3 is 14.7 Å². The molecule has 1 atom stereocenters. The van der Waals surface area contributed by atoms with Crippen LogP contribution in [0.1, 0.15) is 38.5 Å². The lowest BCUT2D eigenvalue weighted by Crippen LogP contribution is -2.34. The van der Waals surface area contributed by atoms with Crippen molar-refractivity contribution in [1.29, 1.82) is 0 Å². The van der Waals surface area contributed by atoms with Crippen LogP contribution in [0.25, 0.3) is 0 Å². The number of aliphatic hydroxyl groups is 1. The zero-order chi connectivity index (χ0) is 11.4. The molecule has 1 N–H and O–H groups in total. The SMILES string of the molecule is CN1CCCC(O)(CC2CCOCC2)CC1. The molecule has 2 saturated heterocycles. The van der Waals surface area contributed by atoms with E-state index in [0.29, 0.717) is 5.92 Å². The van der Waals surface area contributed by atoms with Gasteiger partial charge in [0.05, 0.1) is 5.60 Å². The first-order valence-electron chi connectivity index (χ1n) is 6.67. The van der Waals surface area contributed by atoms with Crippen LogP contribution in [0.2, 0.25) is 0 Å². The highest BCUT2D eigenvalue weighted by Gasteiger charge is 2.32. The Bertz CT molecular complexity index is 216. The van der Waals surface area contributed by atoms with Gasteiger partial charge in [-0.1, -0.05) is 0 Å². The predicted octanol–water partition coefficient (Wildman–Crippen LogP) is 1.65. The zero-order valence-corrected chi connectivity index (χ0v) is 10.5. The van der Waals surface area contributed by atoms with Crippen molar-refractivity contribution >= 4 is 0 Å². The average molecular weight is 227 g/mol. The van der Waals surface area contributed by atoms with Gasteiger partial charge in [-0.05, 0) is 58.0 Å². The van der Waals surface area contributed by atoms with Crippen LogP contribution in [0.4, 0.5) is 0 Å². The summed E-state index contributed by atoms with van der Waals surface area (Å²) in [6.07, 6.45) is 6.33. The molecule has 0 aromatic rings. The highest BCUT2D eigenvalue weighted by molar-refractivity contribution is 4.85. The minimum Gasteiger partial charge on any atom is -0.390 e. The Morgan fingerprint density at radius 2 is 2.00 bits per heavy atom. The molecule has 2 rings (SSSR count). The van der Waals surface area contributed by atoms with Crippen LogP contribution in [0.5, 0.6) is 0 Å². The molecule has 2 aliphatic rings. The first-order chi connectivity index (χ1) is 7.68. The van der Waals surface area contributed by atoms with Gasteiger partial charge in [-0.2, -0.15) is 0 Å². The van der Waals surface area contributed by atoms with Crippen molar-refractivity contribution in [2.75, 3.05) is 33.4 Å². The first-order valence-corrected chi connectivity index (χ1v) is 6.67. The molecule has 0 radical (unpaired) electrons.